The van der Waals surface area contributed by atoms with Gasteiger partial charge >= 0.3 is 0 Å². The van der Waals surface area contributed by atoms with E-state index in [2.05, 4.69) is 4.98 Å². The smallest absolute Gasteiger partial charge is 0.0707 e. The summed E-state index contributed by atoms with van der Waals surface area (Å²) in [7, 11) is 0. The van der Waals surface area contributed by atoms with Gasteiger partial charge in [0.2, 0.25) is 0 Å². The molecule has 0 saturated carbocycles. The molecular formula is C12H13NO. The fourth-order valence-corrected chi connectivity index (χ4v) is 1.72. The highest BCUT2D eigenvalue weighted by Crippen LogP contribution is 2.18. The quantitative estimate of drug-likeness (QED) is 0.780. The highest BCUT2D eigenvalue weighted by Gasteiger charge is 2.02. The SMILES string of the molecule is Cc1cc(CCO)c2ccccc2n1. The topological polar surface area (TPSA) is 33.1 Å². The zero-order valence-corrected chi connectivity index (χ0v) is 8.20. The maximum absolute atomic E-state index is 8.95. The van der Waals surface area contributed by atoms with Crippen LogP contribution < -0.4 is 0 Å². The van der Waals surface area contributed by atoms with Crippen molar-refractivity contribution in [1.82, 2.24) is 4.98 Å². The van der Waals surface area contributed by atoms with Crippen molar-refractivity contribution in [3.8, 4) is 0 Å². The minimum absolute atomic E-state index is 0.188. The summed E-state index contributed by atoms with van der Waals surface area (Å²) in [6.45, 7) is 2.17. The third-order valence-corrected chi connectivity index (χ3v) is 2.31. The van der Waals surface area contributed by atoms with E-state index >= 15 is 0 Å². The van der Waals surface area contributed by atoms with Gasteiger partial charge in [-0.3, -0.25) is 4.98 Å². The Morgan fingerprint density at radius 1 is 1.29 bits per heavy atom. The Bertz CT molecular complexity index is 451. The first-order valence-corrected chi connectivity index (χ1v) is 4.77. The van der Waals surface area contributed by atoms with Gasteiger partial charge in [0.1, 0.15) is 0 Å². The van der Waals surface area contributed by atoms with Crippen LogP contribution in [0.15, 0.2) is 30.3 Å². The van der Waals surface area contributed by atoms with Crippen molar-refractivity contribution in [3.63, 3.8) is 0 Å². The van der Waals surface area contributed by atoms with Gasteiger partial charge in [-0.05, 0) is 31.0 Å². The number of aliphatic hydroxyl groups is 1. The molecule has 1 N–H and O–H groups in total. The van der Waals surface area contributed by atoms with Crippen molar-refractivity contribution >= 4 is 10.9 Å². The number of hydrogen-bond acceptors (Lipinski definition) is 2. The first kappa shape index (κ1) is 9.16. The summed E-state index contributed by atoms with van der Waals surface area (Å²) in [4.78, 5) is 4.44. The largest absolute Gasteiger partial charge is 0.396 e. The van der Waals surface area contributed by atoms with Crippen molar-refractivity contribution in [2.24, 2.45) is 0 Å². The summed E-state index contributed by atoms with van der Waals surface area (Å²) in [5.74, 6) is 0. The van der Waals surface area contributed by atoms with E-state index in [1.807, 2.05) is 37.3 Å². The zero-order valence-electron chi connectivity index (χ0n) is 8.20. The molecule has 14 heavy (non-hydrogen) atoms. The summed E-state index contributed by atoms with van der Waals surface area (Å²) >= 11 is 0. The lowest BCUT2D eigenvalue weighted by Crippen LogP contribution is -1.95. The Kier molecular flexibility index (Phi) is 2.46. The van der Waals surface area contributed by atoms with Crippen LogP contribution >= 0.6 is 0 Å². The number of rotatable bonds is 2. The molecule has 2 rings (SSSR count). The Morgan fingerprint density at radius 2 is 2.07 bits per heavy atom. The average Bonchev–Trinajstić information content (AvgIpc) is 2.18. The maximum Gasteiger partial charge on any atom is 0.0707 e. The number of benzene rings is 1. The molecule has 0 fully saturated rings. The number of fused-ring (bicyclic) bond motifs is 1. The predicted octanol–water partition coefficient (Wildman–Crippen LogP) is 2.08. The summed E-state index contributed by atoms with van der Waals surface area (Å²) in [6, 6.07) is 10.1. The lowest BCUT2D eigenvalue weighted by Gasteiger charge is -2.05. The van der Waals surface area contributed by atoms with Crippen LogP contribution in [0.1, 0.15) is 11.3 Å². The van der Waals surface area contributed by atoms with Gasteiger partial charge in [0.05, 0.1) is 5.52 Å². The minimum atomic E-state index is 0.188. The molecule has 0 spiro atoms. The van der Waals surface area contributed by atoms with Gasteiger partial charge in [-0.15, -0.1) is 0 Å². The van der Waals surface area contributed by atoms with Gasteiger partial charge in [0, 0.05) is 17.7 Å². The van der Waals surface area contributed by atoms with Gasteiger partial charge in [-0.1, -0.05) is 18.2 Å². The van der Waals surface area contributed by atoms with E-state index in [1.165, 1.54) is 5.56 Å². The van der Waals surface area contributed by atoms with Gasteiger partial charge in [0.15, 0.2) is 0 Å². The number of aryl methyl sites for hydroxylation is 1. The van der Waals surface area contributed by atoms with Crippen molar-refractivity contribution in [1.29, 1.82) is 0 Å². The first-order chi connectivity index (χ1) is 6.81. The van der Waals surface area contributed by atoms with Gasteiger partial charge in [-0.25, -0.2) is 0 Å². The predicted molar refractivity (Wildman–Crippen MR) is 57.3 cm³/mol. The Hall–Kier alpha value is -1.41. The number of aromatic nitrogens is 1. The zero-order chi connectivity index (χ0) is 9.97. The molecule has 1 heterocycles. The van der Waals surface area contributed by atoms with Crippen LogP contribution in [0.2, 0.25) is 0 Å². The van der Waals surface area contributed by atoms with Crippen molar-refractivity contribution < 1.29 is 5.11 Å². The van der Waals surface area contributed by atoms with E-state index in [0.29, 0.717) is 6.42 Å². The van der Waals surface area contributed by atoms with Crippen LogP contribution in [0.5, 0.6) is 0 Å². The number of para-hydroxylation sites is 1. The molecule has 72 valence electrons. The van der Waals surface area contributed by atoms with Crippen LogP contribution in [0.4, 0.5) is 0 Å². The monoisotopic (exact) mass is 187 g/mol. The van der Waals surface area contributed by atoms with E-state index < -0.39 is 0 Å². The summed E-state index contributed by atoms with van der Waals surface area (Å²) in [6.07, 6.45) is 0.698. The van der Waals surface area contributed by atoms with Gasteiger partial charge in [0.25, 0.3) is 0 Å². The average molecular weight is 187 g/mol. The van der Waals surface area contributed by atoms with Gasteiger partial charge in [-0.2, -0.15) is 0 Å². The second kappa shape index (κ2) is 3.76. The summed E-state index contributed by atoms with van der Waals surface area (Å²) in [5, 5.41) is 10.1. The molecule has 0 amide bonds. The lowest BCUT2D eigenvalue weighted by molar-refractivity contribution is 0.300. The highest BCUT2D eigenvalue weighted by molar-refractivity contribution is 5.82. The molecule has 1 aromatic heterocycles. The minimum Gasteiger partial charge on any atom is -0.396 e. The molecule has 1 aromatic carbocycles. The van der Waals surface area contributed by atoms with Crippen molar-refractivity contribution in [2.75, 3.05) is 6.61 Å². The molecule has 0 aliphatic carbocycles. The molecule has 0 aliphatic rings. The molecule has 2 aromatic rings. The van der Waals surface area contributed by atoms with Crippen molar-refractivity contribution in [3.05, 3.63) is 41.6 Å². The third-order valence-electron chi connectivity index (χ3n) is 2.31. The summed E-state index contributed by atoms with van der Waals surface area (Å²) < 4.78 is 0. The second-order valence-corrected chi connectivity index (χ2v) is 3.41. The molecule has 0 unspecified atom stereocenters. The lowest BCUT2D eigenvalue weighted by atomic mass is 10.1. The van der Waals surface area contributed by atoms with E-state index in [-0.39, 0.29) is 6.61 Å². The molecule has 0 atom stereocenters. The fourth-order valence-electron chi connectivity index (χ4n) is 1.72. The van der Waals surface area contributed by atoms with E-state index in [1.54, 1.807) is 0 Å². The molecule has 2 heteroatoms. The number of aliphatic hydroxyl groups excluding tert-OH is 1. The van der Waals surface area contributed by atoms with E-state index in [9.17, 15) is 0 Å². The summed E-state index contributed by atoms with van der Waals surface area (Å²) in [5.41, 5.74) is 3.19. The Labute approximate surface area is 83.2 Å². The standard InChI is InChI=1S/C12H13NO/c1-9-8-10(6-7-14)11-4-2-3-5-12(11)13-9/h2-5,8,14H,6-7H2,1H3. The normalized spacial score (nSPS) is 10.7. The van der Waals surface area contributed by atoms with E-state index in [0.717, 1.165) is 16.6 Å². The molecule has 0 bridgehead atoms. The van der Waals surface area contributed by atoms with Gasteiger partial charge < -0.3 is 5.11 Å². The number of hydrogen-bond donors (Lipinski definition) is 1. The number of pyridine rings is 1. The van der Waals surface area contributed by atoms with Crippen molar-refractivity contribution in [2.45, 2.75) is 13.3 Å². The van der Waals surface area contributed by atoms with E-state index in [4.69, 9.17) is 5.11 Å². The van der Waals surface area contributed by atoms with Crippen LogP contribution in [0.3, 0.4) is 0 Å². The highest BCUT2D eigenvalue weighted by atomic mass is 16.2. The number of nitrogens with zero attached hydrogens (tertiary/aromatic N) is 1. The Morgan fingerprint density at radius 3 is 2.86 bits per heavy atom. The molecular weight excluding hydrogens is 174 g/mol. The molecule has 0 saturated heterocycles. The molecule has 2 nitrogen and oxygen atoms in total. The molecule has 0 aliphatic heterocycles. The van der Waals surface area contributed by atoms with Crippen LogP contribution in [0.25, 0.3) is 10.9 Å². The Balaban J connectivity index is 2.67. The van der Waals surface area contributed by atoms with Crippen LogP contribution in [0, 0.1) is 6.92 Å². The maximum atomic E-state index is 8.95. The first-order valence-electron chi connectivity index (χ1n) is 4.77. The van der Waals surface area contributed by atoms with Crippen LogP contribution in [-0.4, -0.2) is 16.7 Å². The second-order valence-electron chi connectivity index (χ2n) is 3.41. The van der Waals surface area contributed by atoms with Crippen LogP contribution in [-0.2, 0) is 6.42 Å². The third kappa shape index (κ3) is 1.61. The molecule has 0 radical (unpaired) electrons. The fraction of sp³-hybridized carbons (Fsp3) is 0.250.